The van der Waals surface area contributed by atoms with Crippen molar-refractivity contribution in [3.05, 3.63) is 48.0 Å². The zero-order chi connectivity index (χ0) is 14.5. The van der Waals surface area contributed by atoms with Crippen molar-refractivity contribution in [3.8, 4) is 0 Å². The average Bonchev–Trinajstić information content (AvgIpc) is 3.11. The van der Waals surface area contributed by atoms with Crippen molar-refractivity contribution in [2.45, 2.75) is 25.7 Å². The van der Waals surface area contributed by atoms with Crippen molar-refractivity contribution in [2.24, 2.45) is 10.8 Å². The number of aromatic amines is 2. The molecule has 106 valence electrons. The van der Waals surface area contributed by atoms with Crippen LogP contribution in [-0.2, 0) is 0 Å². The third kappa shape index (κ3) is 3.27. The summed E-state index contributed by atoms with van der Waals surface area (Å²) in [6.45, 7) is 4.21. The van der Waals surface area contributed by atoms with Crippen LogP contribution in [0.25, 0.3) is 0 Å². The topological polar surface area (TPSA) is 82.0 Å². The number of rotatable bonds is 5. The lowest BCUT2D eigenvalue weighted by atomic mass is 9.90. The van der Waals surface area contributed by atoms with Crippen molar-refractivity contribution >= 4 is 23.0 Å². The molecule has 2 aromatic heterocycles. The molecule has 5 nitrogen and oxygen atoms in total. The van der Waals surface area contributed by atoms with Gasteiger partial charge in [-0.25, -0.2) is 0 Å². The summed E-state index contributed by atoms with van der Waals surface area (Å²) in [5.41, 5.74) is 11.3. The predicted molar refractivity (Wildman–Crippen MR) is 85.8 cm³/mol. The molecule has 0 radical (unpaired) electrons. The van der Waals surface area contributed by atoms with Crippen LogP contribution in [0.3, 0.4) is 0 Å². The number of nitrogens with one attached hydrogen (secondary N) is 3. The Bertz CT molecular complexity index is 528. The average molecular weight is 289 g/mol. The molecule has 2 rings (SSSR count). The van der Waals surface area contributed by atoms with Gasteiger partial charge in [-0.15, -0.1) is 0 Å². The molecule has 2 unspecified atom stereocenters. The second-order valence-electron chi connectivity index (χ2n) is 4.71. The molecule has 5 N–H and O–H groups in total. The van der Waals surface area contributed by atoms with E-state index in [1.165, 1.54) is 0 Å². The highest BCUT2D eigenvalue weighted by atomic mass is 32.1. The van der Waals surface area contributed by atoms with Crippen LogP contribution in [0.1, 0.15) is 37.1 Å². The van der Waals surface area contributed by atoms with Gasteiger partial charge in [-0.2, -0.15) is 5.10 Å². The van der Waals surface area contributed by atoms with Gasteiger partial charge in [-0.1, -0.05) is 13.8 Å². The summed E-state index contributed by atoms with van der Waals surface area (Å²) in [7, 11) is 0. The highest BCUT2D eigenvalue weighted by Crippen LogP contribution is 2.25. The largest absolute Gasteiger partial charge is 0.375 e. The Balaban J connectivity index is 2.29. The number of nitrogens with zero attached hydrogens (tertiary/aromatic N) is 1. The minimum atomic E-state index is 0.130. The third-order valence-corrected chi connectivity index (χ3v) is 3.45. The quantitative estimate of drug-likeness (QED) is 0.388. The summed E-state index contributed by atoms with van der Waals surface area (Å²) in [5.74, 6) is 0.260. The number of hydrogen-bond acceptors (Lipinski definition) is 2. The SMILES string of the molecule is CC(C(=NNC(N)=S)C(C)c1ccc[nH]1)c1ccc[nH]1. The molecule has 6 heteroatoms. The van der Waals surface area contributed by atoms with E-state index >= 15 is 0 Å². The Morgan fingerprint density at radius 3 is 2.00 bits per heavy atom. The van der Waals surface area contributed by atoms with Gasteiger partial charge in [0.1, 0.15) is 0 Å². The number of hydrazone groups is 1. The molecule has 2 heterocycles. The van der Waals surface area contributed by atoms with E-state index in [1.807, 2.05) is 36.7 Å². The zero-order valence-electron chi connectivity index (χ0n) is 11.6. The minimum Gasteiger partial charge on any atom is -0.375 e. The van der Waals surface area contributed by atoms with E-state index in [1.54, 1.807) is 0 Å². The van der Waals surface area contributed by atoms with Gasteiger partial charge in [-0.05, 0) is 36.5 Å². The Labute approximate surface area is 123 Å². The van der Waals surface area contributed by atoms with Crippen LogP contribution in [-0.4, -0.2) is 20.8 Å². The van der Waals surface area contributed by atoms with E-state index in [-0.39, 0.29) is 16.9 Å². The van der Waals surface area contributed by atoms with Crippen molar-refractivity contribution in [1.29, 1.82) is 0 Å². The smallest absolute Gasteiger partial charge is 0.184 e. The van der Waals surface area contributed by atoms with Crippen LogP contribution in [0.2, 0.25) is 0 Å². The summed E-state index contributed by atoms with van der Waals surface area (Å²) in [6, 6.07) is 8.04. The molecule has 0 aliphatic carbocycles. The molecule has 0 bridgehead atoms. The molecule has 0 amide bonds. The monoisotopic (exact) mass is 289 g/mol. The molecule has 0 saturated carbocycles. The van der Waals surface area contributed by atoms with E-state index in [2.05, 4.69) is 34.3 Å². The Morgan fingerprint density at radius 1 is 1.15 bits per heavy atom. The van der Waals surface area contributed by atoms with Gasteiger partial charge in [-0.3, -0.25) is 5.43 Å². The van der Waals surface area contributed by atoms with Gasteiger partial charge in [0, 0.05) is 35.6 Å². The summed E-state index contributed by atoms with van der Waals surface area (Å²) in [5, 5.41) is 4.56. The number of thiocarbonyl (C=S) groups is 1. The number of nitrogens with two attached hydrogens (primary N) is 1. The molecule has 0 spiro atoms. The summed E-state index contributed by atoms with van der Waals surface area (Å²) >= 11 is 4.83. The van der Waals surface area contributed by atoms with Crippen LogP contribution in [0.15, 0.2) is 41.8 Å². The minimum absolute atomic E-state index is 0.130. The van der Waals surface area contributed by atoms with Gasteiger partial charge in [0.25, 0.3) is 0 Å². The normalized spacial score (nSPS) is 13.5. The van der Waals surface area contributed by atoms with Crippen LogP contribution in [0.4, 0.5) is 0 Å². The van der Waals surface area contributed by atoms with E-state index in [4.69, 9.17) is 18.0 Å². The first-order chi connectivity index (χ1) is 9.59. The van der Waals surface area contributed by atoms with Gasteiger partial charge < -0.3 is 15.7 Å². The summed E-state index contributed by atoms with van der Waals surface area (Å²) in [4.78, 5) is 6.44. The molecule has 2 atom stereocenters. The maximum atomic E-state index is 5.48. The molecule has 0 fully saturated rings. The maximum Gasteiger partial charge on any atom is 0.184 e. The fraction of sp³-hybridized carbons (Fsp3) is 0.286. The molecule has 0 saturated heterocycles. The Kier molecular flexibility index (Phi) is 4.57. The van der Waals surface area contributed by atoms with Crippen molar-refractivity contribution < 1.29 is 0 Å². The van der Waals surface area contributed by atoms with Gasteiger partial charge in [0.05, 0.1) is 5.71 Å². The lowest BCUT2D eigenvalue weighted by Crippen LogP contribution is -2.28. The number of aromatic nitrogens is 2. The molecule has 2 aromatic rings. The fourth-order valence-electron chi connectivity index (χ4n) is 2.23. The van der Waals surface area contributed by atoms with Crippen LogP contribution >= 0.6 is 12.2 Å². The molecular weight excluding hydrogens is 270 g/mol. The van der Waals surface area contributed by atoms with Crippen LogP contribution < -0.4 is 11.2 Å². The predicted octanol–water partition coefficient (Wildman–Crippen LogP) is 2.44. The molecule has 0 aromatic carbocycles. The van der Waals surface area contributed by atoms with Gasteiger partial charge in [0.2, 0.25) is 0 Å². The fourth-order valence-corrected chi connectivity index (χ4v) is 2.28. The Morgan fingerprint density at radius 2 is 1.65 bits per heavy atom. The molecule has 0 aliphatic heterocycles. The number of hydrogen-bond donors (Lipinski definition) is 4. The summed E-state index contributed by atoms with van der Waals surface area (Å²) in [6.07, 6.45) is 3.81. The molecule has 0 aliphatic rings. The van der Waals surface area contributed by atoms with E-state index < -0.39 is 0 Å². The zero-order valence-corrected chi connectivity index (χ0v) is 12.4. The Hall–Kier alpha value is -2.08. The first-order valence-electron chi connectivity index (χ1n) is 6.49. The summed E-state index contributed by atoms with van der Waals surface area (Å²) < 4.78 is 0. The van der Waals surface area contributed by atoms with Gasteiger partial charge in [0.15, 0.2) is 5.11 Å². The number of H-pyrrole nitrogens is 2. The second-order valence-corrected chi connectivity index (χ2v) is 5.15. The highest BCUT2D eigenvalue weighted by molar-refractivity contribution is 7.80. The first-order valence-corrected chi connectivity index (χ1v) is 6.90. The maximum absolute atomic E-state index is 5.48. The second kappa shape index (κ2) is 6.38. The van der Waals surface area contributed by atoms with Crippen LogP contribution in [0.5, 0.6) is 0 Å². The third-order valence-electron chi connectivity index (χ3n) is 3.36. The highest BCUT2D eigenvalue weighted by Gasteiger charge is 2.22. The van der Waals surface area contributed by atoms with E-state index in [0.717, 1.165) is 17.1 Å². The van der Waals surface area contributed by atoms with E-state index in [0.29, 0.717) is 0 Å². The lowest BCUT2D eigenvalue weighted by Gasteiger charge is -2.19. The molecular formula is C14H19N5S. The standard InChI is InChI=1S/C14H19N5S/c1-9(11-5-3-7-16-11)13(18-19-14(15)20)10(2)12-6-4-8-17-12/h3-10,16-17H,1-2H3,(H3,15,19,20). The van der Waals surface area contributed by atoms with Crippen molar-refractivity contribution in [3.63, 3.8) is 0 Å². The van der Waals surface area contributed by atoms with Gasteiger partial charge >= 0.3 is 0 Å². The van der Waals surface area contributed by atoms with Crippen molar-refractivity contribution in [2.75, 3.05) is 0 Å². The molecule has 20 heavy (non-hydrogen) atoms. The first kappa shape index (κ1) is 14.3. The van der Waals surface area contributed by atoms with Crippen LogP contribution in [0, 0.1) is 0 Å². The van der Waals surface area contributed by atoms with E-state index in [9.17, 15) is 0 Å². The lowest BCUT2D eigenvalue weighted by molar-refractivity contribution is 0.837. The van der Waals surface area contributed by atoms with Crippen molar-refractivity contribution in [1.82, 2.24) is 15.4 Å².